The smallest absolute Gasteiger partial charge is 0.253 e. The molecule has 1 aliphatic rings. The van der Waals surface area contributed by atoms with Crippen LogP contribution in [0.4, 0.5) is 0 Å². The Morgan fingerprint density at radius 2 is 2.26 bits per heavy atom. The predicted molar refractivity (Wildman–Crippen MR) is 85.3 cm³/mol. The Balaban J connectivity index is 1.48. The van der Waals surface area contributed by atoms with Crippen LogP contribution < -0.4 is 10.1 Å². The van der Waals surface area contributed by atoms with E-state index in [-0.39, 0.29) is 5.91 Å². The number of fused-ring (bicyclic) bond motifs is 2. The largest absolute Gasteiger partial charge is 0.493 e. The van der Waals surface area contributed by atoms with Crippen LogP contribution in [0, 0.1) is 0 Å². The Hall–Kier alpha value is -2.89. The molecule has 0 unspecified atom stereocenters. The lowest BCUT2D eigenvalue weighted by Gasteiger charge is -2.07. The fourth-order valence-corrected chi connectivity index (χ4v) is 2.77. The molecule has 0 atom stereocenters. The number of pyridine rings is 1. The van der Waals surface area contributed by atoms with Crippen molar-refractivity contribution in [3.63, 3.8) is 0 Å². The molecule has 0 radical (unpaired) electrons. The van der Waals surface area contributed by atoms with Gasteiger partial charge in [-0.2, -0.15) is 0 Å². The molecule has 1 aliphatic heterocycles. The van der Waals surface area contributed by atoms with Crippen molar-refractivity contribution >= 4 is 17.1 Å². The fourth-order valence-electron chi connectivity index (χ4n) is 2.77. The molecule has 1 amide bonds. The number of imidazole rings is 1. The molecule has 0 bridgehead atoms. The van der Waals surface area contributed by atoms with E-state index in [2.05, 4.69) is 21.4 Å². The van der Waals surface area contributed by atoms with Crippen LogP contribution in [0.15, 0.2) is 36.8 Å². The molecule has 0 fully saturated rings. The molecule has 2 aromatic heterocycles. The fraction of sp³-hybridized carbons (Fsp3) is 0.235. The third-order valence-electron chi connectivity index (χ3n) is 4.02. The van der Waals surface area contributed by atoms with E-state index in [1.54, 1.807) is 18.6 Å². The number of carbonyl (C=O) groups is 1. The highest BCUT2D eigenvalue weighted by Gasteiger charge is 2.13. The topological polar surface area (TPSA) is 69.0 Å². The zero-order chi connectivity index (χ0) is 15.8. The summed E-state index contributed by atoms with van der Waals surface area (Å²) >= 11 is 0. The number of hydrogen-bond acceptors (Lipinski definition) is 4. The minimum atomic E-state index is -0.151. The van der Waals surface area contributed by atoms with Crippen LogP contribution in [0.3, 0.4) is 0 Å². The standard InChI is InChI=1S/C17H16N4O2/c1-21-10-20-14-7-13(9-18-16(14)21)17(22)19-8-11-2-3-15-12(6-11)4-5-23-15/h2-3,6-7,9-10H,4-5,8H2,1H3,(H,19,22). The number of nitrogens with zero attached hydrogens (tertiary/aromatic N) is 3. The lowest BCUT2D eigenvalue weighted by atomic mass is 10.1. The number of aryl methyl sites for hydroxylation is 1. The summed E-state index contributed by atoms with van der Waals surface area (Å²) in [4.78, 5) is 20.8. The molecule has 3 heterocycles. The average molecular weight is 308 g/mol. The van der Waals surface area contributed by atoms with Crippen LogP contribution in [0.25, 0.3) is 11.2 Å². The van der Waals surface area contributed by atoms with Gasteiger partial charge < -0.3 is 14.6 Å². The van der Waals surface area contributed by atoms with Crippen molar-refractivity contribution in [1.82, 2.24) is 19.9 Å². The van der Waals surface area contributed by atoms with E-state index in [0.717, 1.165) is 35.5 Å². The zero-order valence-electron chi connectivity index (χ0n) is 12.7. The molecule has 1 aromatic carbocycles. The second kappa shape index (κ2) is 5.39. The van der Waals surface area contributed by atoms with E-state index < -0.39 is 0 Å². The first-order valence-electron chi connectivity index (χ1n) is 7.50. The lowest BCUT2D eigenvalue weighted by molar-refractivity contribution is 0.0950. The van der Waals surface area contributed by atoms with Crippen LogP contribution in [-0.4, -0.2) is 27.0 Å². The number of aromatic nitrogens is 3. The SMILES string of the molecule is Cn1cnc2cc(C(=O)NCc3ccc4c(c3)CCO4)cnc21. The van der Waals surface area contributed by atoms with E-state index in [1.165, 1.54) is 5.56 Å². The van der Waals surface area contributed by atoms with Crippen molar-refractivity contribution in [2.75, 3.05) is 6.61 Å². The molecule has 0 spiro atoms. The summed E-state index contributed by atoms with van der Waals surface area (Å²) in [6, 6.07) is 7.78. The number of carbonyl (C=O) groups excluding carboxylic acids is 1. The summed E-state index contributed by atoms with van der Waals surface area (Å²) < 4.78 is 7.31. The average Bonchev–Trinajstić information content (AvgIpc) is 3.18. The van der Waals surface area contributed by atoms with Gasteiger partial charge in [-0.3, -0.25) is 4.79 Å². The summed E-state index contributed by atoms with van der Waals surface area (Å²) in [5, 5.41) is 2.92. The van der Waals surface area contributed by atoms with Gasteiger partial charge in [-0.05, 0) is 23.3 Å². The van der Waals surface area contributed by atoms with Gasteiger partial charge in [0, 0.05) is 26.2 Å². The Kier molecular flexibility index (Phi) is 3.22. The molecule has 0 saturated carbocycles. The molecule has 1 N–H and O–H groups in total. The van der Waals surface area contributed by atoms with Crippen LogP contribution >= 0.6 is 0 Å². The normalized spacial score (nSPS) is 12.9. The summed E-state index contributed by atoms with van der Waals surface area (Å²) in [5.74, 6) is 0.798. The van der Waals surface area contributed by atoms with Crippen LogP contribution in [0.1, 0.15) is 21.5 Å². The molecule has 0 aliphatic carbocycles. The highest BCUT2D eigenvalue weighted by molar-refractivity contribution is 5.96. The molecule has 23 heavy (non-hydrogen) atoms. The van der Waals surface area contributed by atoms with Gasteiger partial charge in [-0.15, -0.1) is 0 Å². The summed E-state index contributed by atoms with van der Waals surface area (Å²) in [6.45, 7) is 1.22. The molecular weight excluding hydrogens is 292 g/mol. The number of amides is 1. The molecule has 0 saturated heterocycles. The van der Waals surface area contributed by atoms with Gasteiger partial charge in [0.05, 0.1) is 18.5 Å². The van der Waals surface area contributed by atoms with E-state index in [9.17, 15) is 4.79 Å². The maximum Gasteiger partial charge on any atom is 0.253 e. The van der Waals surface area contributed by atoms with E-state index in [0.29, 0.717) is 12.1 Å². The number of rotatable bonds is 3. The first-order chi connectivity index (χ1) is 11.2. The quantitative estimate of drug-likeness (QED) is 0.801. The third kappa shape index (κ3) is 2.52. The number of benzene rings is 1. The van der Waals surface area contributed by atoms with Gasteiger partial charge in [0.25, 0.3) is 5.91 Å². The van der Waals surface area contributed by atoms with Crippen LogP contribution in [0.2, 0.25) is 0 Å². The highest BCUT2D eigenvalue weighted by Crippen LogP contribution is 2.25. The van der Waals surface area contributed by atoms with Gasteiger partial charge in [0.1, 0.15) is 11.3 Å². The summed E-state index contributed by atoms with van der Waals surface area (Å²) in [6.07, 6.45) is 4.19. The van der Waals surface area contributed by atoms with Gasteiger partial charge >= 0.3 is 0 Å². The maximum absolute atomic E-state index is 12.3. The minimum Gasteiger partial charge on any atom is -0.493 e. The van der Waals surface area contributed by atoms with Crippen molar-refractivity contribution in [2.45, 2.75) is 13.0 Å². The van der Waals surface area contributed by atoms with Gasteiger partial charge in [0.2, 0.25) is 0 Å². The van der Waals surface area contributed by atoms with Gasteiger partial charge in [0.15, 0.2) is 5.65 Å². The molecule has 3 aromatic rings. The molecule has 4 rings (SSSR count). The van der Waals surface area contributed by atoms with E-state index >= 15 is 0 Å². The number of ether oxygens (including phenoxy) is 1. The van der Waals surface area contributed by atoms with E-state index in [1.807, 2.05) is 23.7 Å². The second-order valence-electron chi connectivity index (χ2n) is 5.65. The zero-order valence-corrected chi connectivity index (χ0v) is 12.7. The van der Waals surface area contributed by atoms with Crippen molar-refractivity contribution in [3.05, 3.63) is 53.5 Å². The lowest BCUT2D eigenvalue weighted by Crippen LogP contribution is -2.23. The Morgan fingerprint density at radius 1 is 1.35 bits per heavy atom. The first kappa shape index (κ1) is 13.8. The van der Waals surface area contributed by atoms with Gasteiger partial charge in [-0.25, -0.2) is 9.97 Å². The molecular formula is C17H16N4O2. The molecule has 116 valence electrons. The minimum absolute atomic E-state index is 0.151. The van der Waals surface area contributed by atoms with Crippen LogP contribution in [0.5, 0.6) is 5.75 Å². The Bertz CT molecular complexity index is 901. The van der Waals surface area contributed by atoms with E-state index in [4.69, 9.17) is 4.74 Å². The molecule has 6 nitrogen and oxygen atoms in total. The Morgan fingerprint density at radius 3 is 3.17 bits per heavy atom. The van der Waals surface area contributed by atoms with Crippen LogP contribution in [-0.2, 0) is 20.0 Å². The monoisotopic (exact) mass is 308 g/mol. The Labute approximate surface area is 133 Å². The van der Waals surface area contributed by atoms with Crippen molar-refractivity contribution in [2.24, 2.45) is 7.05 Å². The van der Waals surface area contributed by atoms with Crippen molar-refractivity contribution < 1.29 is 9.53 Å². The maximum atomic E-state index is 12.3. The second-order valence-corrected chi connectivity index (χ2v) is 5.65. The van der Waals surface area contributed by atoms with Crippen molar-refractivity contribution in [3.8, 4) is 5.75 Å². The first-order valence-corrected chi connectivity index (χ1v) is 7.50. The molecule has 6 heteroatoms. The van der Waals surface area contributed by atoms with Crippen molar-refractivity contribution in [1.29, 1.82) is 0 Å². The summed E-state index contributed by atoms with van der Waals surface area (Å²) in [7, 11) is 1.87. The number of nitrogens with one attached hydrogen (secondary N) is 1. The highest BCUT2D eigenvalue weighted by atomic mass is 16.5. The predicted octanol–water partition coefficient (Wildman–Crippen LogP) is 1.83. The summed E-state index contributed by atoms with van der Waals surface area (Å²) in [5.41, 5.74) is 4.26. The third-order valence-corrected chi connectivity index (χ3v) is 4.02. The van der Waals surface area contributed by atoms with Gasteiger partial charge in [-0.1, -0.05) is 12.1 Å². The number of hydrogen-bond donors (Lipinski definition) is 1.